The predicted molar refractivity (Wildman–Crippen MR) is 96.1 cm³/mol. The lowest BCUT2D eigenvalue weighted by Gasteiger charge is -2.37. The second kappa shape index (κ2) is 7.12. The third-order valence-corrected chi connectivity index (χ3v) is 4.51. The van der Waals surface area contributed by atoms with Gasteiger partial charge < -0.3 is 24.4 Å². The minimum absolute atomic E-state index is 0.137. The molecule has 1 aromatic rings. The van der Waals surface area contributed by atoms with E-state index >= 15 is 0 Å². The van der Waals surface area contributed by atoms with Gasteiger partial charge in [-0.3, -0.25) is 0 Å². The molecular weight excluding hydrogens is 320 g/mol. The standard InChI is InChI=1S/C19H28N2O4/c1-19(2,3)25-18(23)21-10-8-20(9-11-21)14-4-6-16(7-5-14)24-17-12-15(22)13-17/h4-7,15,17,22H,8-13H2,1-3H3/t15-,17-. The van der Waals surface area contributed by atoms with Gasteiger partial charge >= 0.3 is 6.09 Å². The Morgan fingerprint density at radius 2 is 1.68 bits per heavy atom. The number of ether oxygens (including phenoxy) is 2. The quantitative estimate of drug-likeness (QED) is 0.910. The summed E-state index contributed by atoms with van der Waals surface area (Å²) in [5.41, 5.74) is 0.672. The Morgan fingerprint density at radius 1 is 1.08 bits per heavy atom. The highest BCUT2D eigenvalue weighted by atomic mass is 16.6. The van der Waals surface area contributed by atoms with Crippen LogP contribution in [0.3, 0.4) is 0 Å². The molecule has 1 aromatic carbocycles. The number of nitrogens with zero attached hydrogens (tertiary/aromatic N) is 2. The number of carbonyl (C=O) groups is 1. The van der Waals surface area contributed by atoms with Gasteiger partial charge in [0.05, 0.1) is 6.10 Å². The number of benzene rings is 1. The van der Waals surface area contributed by atoms with Crippen LogP contribution in [0, 0.1) is 0 Å². The average molecular weight is 348 g/mol. The number of piperazine rings is 1. The molecular formula is C19H28N2O4. The Kier molecular flexibility index (Phi) is 5.08. The number of amides is 1. The summed E-state index contributed by atoms with van der Waals surface area (Å²) in [5, 5.41) is 9.31. The van der Waals surface area contributed by atoms with Gasteiger partial charge in [-0.25, -0.2) is 4.79 Å². The molecule has 1 aliphatic carbocycles. The minimum Gasteiger partial charge on any atom is -0.490 e. The van der Waals surface area contributed by atoms with E-state index in [4.69, 9.17) is 9.47 Å². The van der Waals surface area contributed by atoms with Crippen LogP contribution in [0.5, 0.6) is 5.75 Å². The predicted octanol–water partition coefficient (Wildman–Crippen LogP) is 2.65. The van der Waals surface area contributed by atoms with Crippen LogP contribution in [-0.2, 0) is 4.74 Å². The Balaban J connectivity index is 1.48. The van der Waals surface area contributed by atoms with Gasteiger partial charge in [0, 0.05) is 44.7 Å². The first-order valence-corrected chi connectivity index (χ1v) is 8.98. The first-order chi connectivity index (χ1) is 11.8. The molecule has 0 atom stereocenters. The van der Waals surface area contributed by atoms with E-state index in [1.807, 2.05) is 45.0 Å². The molecule has 1 N–H and O–H groups in total. The van der Waals surface area contributed by atoms with Crippen LogP contribution in [-0.4, -0.2) is 60.1 Å². The first kappa shape index (κ1) is 17.9. The van der Waals surface area contributed by atoms with Crippen molar-refractivity contribution in [1.82, 2.24) is 4.90 Å². The number of aliphatic hydroxyl groups is 1. The number of anilines is 1. The van der Waals surface area contributed by atoms with Gasteiger partial charge in [-0.05, 0) is 45.0 Å². The molecule has 0 aromatic heterocycles. The number of hydrogen-bond donors (Lipinski definition) is 1. The number of rotatable bonds is 3. The van der Waals surface area contributed by atoms with Crippen LogP contribution >= 0.6 is 0 Å². The van der Waals surface area contributed by atoms with E-state index in [0.29, 0.717) is 25.9 Å². The first-order valence-electron chi connectivity index (χ1n) is 8.98. The van der Waals surface area contributed by atoms with Crippen molar-refractivity contribution in [3.8, 4) is 5.75 Å². The van der Waals surface area contributed by atoms with Gasteiger partial charge in [-0.2, -0.15) is 0 Å². The Hall–Kier alpha value is -1.95. The van der Waals surface area contributed by atoms with E-state index in [-0.39, 0.29) is 18.3 Å². The summed E-state index contributed by atoms with van der Waals surface area (Å²) in [4.78, 5) is 16.1. The largest absolute Gasteiger partial charge is 0.490 e. The SMILES string of the molecule is CC(C)(C)OC(=O)N1CCN(c2ccc(O[C@H]3C[C@H](O)C3)cc2)CC1. The summed E-state index contributed by atoms with van der Waals surface area (Å²) in [7, 11) is 0. The van der Waals surface area contributed by atoms with Gasteiger partial charge in [0.25, 0.3) is 0 Å². The molecule has 2 fully saturated rings. The Labute approximate surface area is 149 Å². The molecule has 1 saturated carbocycles. The van der Waals surface area contributed by atoms with Crippen LogP contribution in [0.4, 0.5) is 10.5 Å². The van der Waals surface area contributed by atoms with Crippen molar-refractivity contribution < 1.29 is 19.4 Å². The van der Waals surface area contributed by atoms with Crippen LogP contribution < -0.4 is 9.64 Å². The van der Waals surface area contributed by atoms with Crippen molar-refractivity contribution in [2.75, 3.05) is 31.1 Å². The highest BCUT2D eigenvalue weighted by Gasteiger charge is 2.29. The van der Waals surface area contributed by atoms with Crippen molar-refractivity contribution in [3.05, 3.63) is 24.3 Å². The van der Waals surface area contributed by atoms with E-state index in [2.05, 4.69) is 4.90 Å². The van der Waals surface area contributed by atoms with E-state index in [0.717, 1.165) is 24.5 Å². The summed E-state index contributed by atoms with van der Waals surface area (Å²) in [6, 6.07) is 8.04. The average Bonchev–Trinajstić information content (AvgIpc) is 2.53. The maximum absolute atomic E-state index is 12.1. The van der Waals surface area contributed by atoms with E-state index in [1.54, 1.807) is 4.90 Å². The summed E-state index contributed by atoms with van der Waals surface area (Å²) < 4.78 is 11.2. The third kappa shape index (κ3) is 4.78. The molecule has 6 heteroatoms. The van der Waals surface area contributed by atoms with Crippen LogP contribution in [0.25, 0.3) is 0 Å². The lowest BCUT2D eigenvalue weighted by atomic mass is 9.92. The maximum Gasteiger partial charge on any atom is 0.410 e. The summed E-state index contributed by atoms with van der Waals surface area (Å²) >= 11 is 0. The molecule has 138 valence electrons. The highest BCUT2D eigenvalue weighted by molar-refractivity contribution is 5.68. The third-order valence-electron chi connectivity index (χ3n) is 4.51. The summed E-state index contributed by atoms with van der Waals surface area (Å²) in [6.45, 7) is 8.54. The van der Waals surface area contributed by atoms with Crippen molar-refractivity contribution >= 4 is 11.8 Å². The zero-order chi connectivity index (χ0) is 18.0. The second-order valence-electron chi connectivity index (χ2n) is 7.81. The Bertz CT molecular complexity index is 582. The van der Waals surface area contributed by atoms with Crippen LogP contribution in [0.2, 0.25) is 0 Å². The smallest absolute Gasteiger partial charge is 0.410 e. The lowest BCUT2D eigenvalue weighted by Crippen LogP contribution is -2.50. The van der Waals surface area contributed by atoms with E-state index < -0.39 is 5.60 Å². The van der Waals surface area contributed by atoms with E-state index in [9.17, 15) is 9.90 Å². The van der Waals surface area contributed by atoms with Crippen LogP contribution in [0.15, 0.2) is 24.3 Å². The fourth-order valence-corrected chi connectivity index (χ4v) is 3.04. The molecule has 1 heterocycles. The maximum atomic E-state index is 12.1. The zero-order valence-electron chi connectivity index (χ0n) is 15.3. The summed E-state index contributed by atoms with van der Waals surface area (Å²) in [5.74, 6) is 0.841. The highest BCUT2D eigenvalue weighted by Crippen LogP contribution is 2.27. The van der Waals surface area contributed by atoms with Crippen molar-refractivity contribution in [1.29, 1.82) is 0 Å². The zero-order valence-corrected chi connectivity index (χ0v) is 15.3. The lowest BCUT2D eigenvalue weighted by molar-refractivity contribution is -0.0107. The number of carbonyl (C=O) groups excluding carboxylic acids is 1. The molecule has 0 spiro atoms. The van der Waals surface area contributed by atoms with Gasteiger partial charge in [-0.15, -0.1) is 0 Å². The molecule has 1 saturated heterocycles. The fraction of sp³-hybridized carbons (Fsp3) is 0.632. The monoisotopic (exact) mass is 348 g/mol. The number of hydrogen-bond acceptors (Lipinski definition) is 5. The topological polar surface area (TPSA) is 62.2 Å². The minimum atomic E-state index is -0.458. The van der Waals surface area contributed by atoms with Crippen molar-refractivity contribution in [2.24, 2.45) is 0 Å². The van der Waals surface area contributed by atoms with Gasteiger partial charge in [0.1, 0.15) is 17.5 Å². The fourth-order valence-electron chi connectivity index (χ4n) is 3.04. The molecule has 2 aliphatic rings. The van der Waals surface area contributed by atoms with Gasteiger partial charge in [-0.1, -0.05) is 0 Å². The van der Waals surface area contributed by atoms with Crippen LogP contribution in [0.1, 0.15) is 33.6 Å². The normalized spacial score (nSPS) is 23.8. The Morgan fingerprint density at radius 3 is 2.20 bits per heavy atom. The summed E-state index contributed by atoms with van der Waals surface area (Å²) in [6.07, 6.45) is 1.13. The second-order valence-corrected chi connectivity index (χ2v) is 7.81. The van der Waals surface area contributed by atoms with Crippen molar-refractivity contribution in [3.63, 3.8) is 0 Å². The molecule has 6 nitrogen and oxygen atoms in total. The molecule has 0 radical (unpaired) electrons. The molecule has 25 heavy (non-hydrogen) atoms. The van der Waals surface area contributed by atoms with Gasteiger partial charge in [0.15, 0.2) is 0 Å². The van der Waals surface area contributed by atoms with E-state index in [1.165, 1.54) is 0 Å². The molecule has 1 amide bonds. The molecule has 3 rings (SSSR count). The molecule has 1 aliphatic heterocycles. The molecule has 0 unspecified atom stereocenters. The van der Waals surface area contributed by atoms with Gasteiger partial charge in [0.2, 0.25) is 0 Å². The number of aliphatic hydroxyl groups excluding tert-OH is 1. The molecule has 0 bridgehead atoms. The van der Waals surface area contributed by atoms with Crippen molar-refractivity contribution in [2.45, 2.75) is 51.4 Å².